The van der Waals surface area contributed by atoms with Gasteiger partial charge in [-0.1, -0.05) is 103 Å². The van der Waals surface area contributed by atoms with Gasteiger partial charge in [-0.05, 0) is 12.8 Å². The Kier molecular flexibility index (Phi) is 18.9. The third-order valence-electron chi connectivity index (χ3n) is 5.22. The third-order valence-corrected chi connectivity index (χ3v) is 5.22. The smallest absolute Gasteiger partial charge is 0.320 e. The molecule has 0 aliphatic carbocycles. The first kappa shape index (κ1) is 25.9. The molecule has 0 aliphatic rings. The van der Waals surface area contributed by atoms with Crippen LogP contribution in [0.1, 0.15) is 122 Å². The standard InChI is InChI=1S/C22H43NO4/c23-20(22(26)27)18-16-14-12-10-8-6-4-2-1-3-5-7-9-11-13-15-17-19-21(24)25/h20H,1-19,23H2,(H,24,25)(H,26,27). The summed E-state index contributed by atoms with van der Waals surface area (Å²) in [5.74, 6) is -1.56. The summed E-state index contributed by atoms with van der Waals surface area (Å²) in [4.78, 5) is 21.0. The van der Waals surface area contributed by atoms with Crippen molar-refractivity contribution < 1.29 is 19.8 Å². The number of hydrogen-bond donors (Lipinski definition) is 3. The first-order valence-corrected chi connectivity index (χ1v) is 11.2. The Bertz CT molecular complexity index is 360. The Balaban J connectivity index is 3.07. The molecule has 0 aromatic rings. The average Bonchev–Trinajstić information content (AvgIpc) is 2.63. The van der Waals surface area contributed by atoms with Gasteiger partial charge >= 0.3 is 11.9 Å². The molecule has 0 aromatic heterocycles. The average molecular weight is 386 g/mol. The zero-order valence-electron chi connectivity index (χ0n) is 17.3. The molecule has 0 aromatic carbocycles. The van der Waals surface area contributed by atoms with Crippen molar-refractivity contribution in [2.75, 3.05) is 0 Å². The van der Waals surface area contributed by atoms with Gasteiger partial charge in [-0.25, -0.2) is 0 Å². The van der Waals surface area contributed by atoms with Crippen LogP contribution in [0.3, 0.4) is 0 Å². The Morgan fingerprint density at radius 3 is 1.15 bits per heavy atom. The van der Waals surface area contributed by atoms with Crippen molar-refractivity contribution in [3.05, 3.63) is 0 Å². The summed E-state index contributed by atoms with van der Waals surface area (Å²) in [7, 11) is 0. The molecular formula is C22H43NO4. The molecule has 0 saturated heterocycles. The van der Waals surface area contributed by atoms with Crippen LogP contribution in [-0.2, 0) is 9.59 Å². The minimum Gasteiger partial charge on any atom is -0.481 e. The molecule has 160 valence electrons. The Labute approximate surface area is 166 Å². The lowest BCUT2D eigenvalue weighted by Gasteiger charge is -2.06. The molecule has 0 radical (unpaired) electrons. The van der Waals surface area contributed by atoms with Gasteiger partial charge in [0.15, 0.2) is 0 Å². The van der Waals surface area contributed by atoms with Crippen LogP contribution in [0.15, 0.2) is 0 Å². The van der Waals surface area contributed by atoms with E-state index in [0.717, 1.165) is 25.7 Å². The van der Waals surface area contributed by atoms with Crippen molar-refractivity contribution >= 4 is 11.9 Å². The Morgan fingerprint density at radius 1 is 0.556 bits per heavy atom. The van der Waals surface area contributed by atoms with E-state index in [0.29, 0.717) is 12.8 Å². The second-order valence-electron chi connectivity index (χ2n) is 7.89. The zero-order valence-corrected chi connectivity index (χ0v) is 17.3. The Morgan fingerprint density at radius 2 is 0.852 bits per heavy atom. The SMILES string of the molecule is NC(CCCCCCCCCCCCCCCCCCCC(=O)O)C(=O)O. The summed E-state index contributed by atoms with van der Waals surface area (Å²) < 4.78 is 0. The van der Waals surface area contributed by atoms with Crippen LogP contribution in [0.2, 0.25) is 0 Å². The fourth-order valence-corrected chi connectivity index (χ4v) is 3.42. The summed E-state index contributed by atoms with van der Waals surface area (Å²) in [5, 5.41) is 17.3. The Hall–Kier alpha value is -1.10. The molecule has 27 heavy (non-hydrogen) atoms. The third kappa shape index (κ3) is 21.1. The molecular weight excluding hydrogens is 342 g/mol. The van der Waals surface area contributed by atoms with Gasteiger partial charge in [-0.3, -0.25) is 9.59 Å². The number of carboxylic acid groups (broad SMARTS) is 2. The molecule has 4 N–H and O–H groups in total. The number of carbonyl (C=O) groups is 2. The van der Waals surface area contributed by atoms with E-state index in [2.05, 4.69) is 0 Å². The molecule has 1 atom stereocenters. The maximum absolute atomic E-state index is 10.6. The van der Waals surface area contributed by atoms with Gasteiger partial charge in [0.05, 0.1) is 0 Å². The first-order valence-electron chi connectivity index (χ1n) is 11.2. The van der Waals surface area contributed by atoms with Crippen molar-refractivity contribution in [1.82, 2.24) is 0 Å². The number of hydrogen-bond acceptors (Lipinski definition) is 3. The van der Waals surface area contributed by atoms with Crippen LogP contribution >= 0.6 is 0 Å². The fraction of sp³-hybridized carbons (Fsp3) is 0.909. The van der Waals surface area contributed by atoms with Crippen molar-refractivity contribution in [3.63, 3.8) is 0 Å². The van der Waals surface area contributed by atoms with E-state index in [1.165, 1.54) is 83.5 Å². The molecule has 0 fully saturated rings. The molecule has 5 nitrogen and oxygen atoms in total. The highest BCUT2D eigenvalue weighted by atomic mass is 16.4. The fourth-order valence-electron chi connectivity index (χ4n) is 3.42. The van der Waals surface area contributed by atoms with E-state index in [9.17, 15) is 9.59 Å². The molecule has 0 rings (SSSR count). The van der Waals surface area contributed by atoms with E-state index < -0.39 is 18.0 Å². The van der Waals surface area contributed by atoms with Gasteiger partial charge < -0.3 is 15.9 Å². The van der Waals surface area contributed by atoms with Gasteiger partial charge in [0.1, 0.15) is 6.04 Å². The molecule has 1 unspecified atom stereocenters. The van der Waals surface area contributed by atoms with E-state index >= 15 is 0 Å². The van der Waals surface area contributed by atoms with Crippen molar-refractivity contribution in [1.29, 1.82) is 0 Å². The van der Waals surface area contributed by atoms with Gasteiger partial charge in [-0.15, -0.1) is 0 Å². The lowest BCUT2D eigenvalue weighted by atomic mass is 10.0. The molecule has 0 spiro atoms. The molecule has 0 bridgehead atoms. The highest BCUT2D eigenvalue weighted by molar-refractivity contribution is 5.72. The second kappa shape index (κ2) is 19.7. The minimum atomic E-state index is -0.886. The molecule has 0 heterocycles. The maximum Gasteiger partial charge on any atom is 0.320 e. The number of aliphatic carboxylic acids is 2. The molecule has 0 saturated carbocycles. The zero-order chi connectivity index (χ0) is 20.2. The van der Waals surface area contributed by atoms with Crippen molar-refractivity contribution in [3.8, 4) is 0 Å². The summed E-state index contributed by atoms with van der Waals surface area (Å²) in [6.07, 6.45) is 21.7. The topological polar surface area (TPSA) is 101 Å². The largest absolute Gasteiger partial charge is 0.481 e. The van der Waals surface area contributed by atoms with E-state index in [1.54, 1.807) is 0 Å². The number of nitrogens with two attached hydrogens (primary N) is 1. The predicted molar refractivity (Wildman–Crippen MR) is 111 cm³/mol. The van der Waals surface area contributed by atoms with Gasteiger partial charge in [0.2, 0.25) is 0 Å². The van der Waals surface area contributed by atoms with Gasteiger partial charge in [0.25, 0.3) is 0 Å². The quantitative estimate of drug-likeness (QED) is 0.214. The highest BCUT2D eigenvalue weighted by Crippen LogP contribution is 2.14. The monoisotopic (exact) mass is 385 g/mol. The number of unbranched alkanes of at least 4 members (excludes halogenated alkanes) is 16. The van der Waals surface area contributed by atoms with E-state index in [-0.39, 0.29) is 0 Å². The van der Waals surface area contributed by atoms with Crippen LogP contribution in [0, 0.1) is 0 Å². The van der Waals surface area contributed by atoms with Gasteiger partial charge in [0, 0.05) is 6.42 Å². The molecule has 0 aliphatic heterocycles. The van der Waals surface area contributed by atoms with Gasteiger partial charge in [-0.2, -0.15) is 0 Å². The van der Waals surface area contributed by atoms with Crippen LogP contribution in [0.25, 0.3) is 0 Å². The van der Waals surface area contributed by atoms with Crippen molar-refractivity contribution in [2.45, 2.75) is 128 Å². The van der Waals surface area contributed by atoms with Crippen LogP contribution in [0.4, 0.5) is 0 Å². The normalized spacial score (nSPS) is 12.2. The highest BCUT2D eigenvalue weighted by Gasteiger charge is 2.09. The summed E-state index contributed by atoms with van der Waals surface area (Å²) in [5.41, 5.74) is 5.48. The van der Waals surface area contributed by atoms with E-state index in [4.69, 9.17) is 15.9 Å². The predicted octanol–water partition coefficient (Wildman–Crippen LogP) is 5.89. The van der Waals surface area contributed by atoms with Crippen LogP contribution in [0.5, 0.6) is 0 Å². The van der Waals surface area contributed by atoms with Crippen LogP contribution in [-0.4, -0.2) is 28.2 Å². The minimum absolute atomic E-state index is 0.321. The lowest BCUT2D eigenvalue weighted by Crippen LogP contribution is -2.29. The first-order chi connectivity index (χ1) is 13.0. The van der Waals surface area contributed by atoms with E-state index in [1.807, 2.05) is 0 Å². The van der Waals surface area contributed by atoms with Crippen molar-refractivity contribution in [2.24, 2.45) is 5.73 Å². The summed E-state index contributed by atoms with van der Waals surface area (Å²) in [6, 6.07) is -0.686. The summed E-state index contributed by atoms with van der Waals surface area (Å²) >= 11 is 0. The number of carboxylic acids is 2. The molecule has 0 amide bonds. The number of rotatable bonds is 21. The second-order valence-corrected chi connectivity index (χ2v) is 7.89. The lowest BCUT2D eigenvalue weighted by molar-refractivity contribution is -0.139. The van der Waals surface area contributed by atoms with Crippen LogP contribution < -0.4 is 5.73 Å². The molecule has 5 heteroatoms. The maximum atomic E-state index is 10.6. The summed E-state index contributed by atoms with van der Waals surface area (Å²) in [6.45, 7) is 0.